The zero-order chi connectivity index (χ0) is 19.5. The van der Waals surface area contributed by atoms with Crippen LogP contribution in [0.2, 0.25) is 0 Å². The van der Waals surface area contributed by atoms with Crippen molar-refractivity contribution in [3.8, 4) is 0 Å². The molecule has 144 valence electrons. The van der Waals surface area contributed by atoms with E-state index >= 15 is 0 Å². The van der Waals surface area contributed by atoms with Gasteiger partial charge in [-0.1, -0.05) is 44.2 Å². The highest BCUT2D eigenvalue weighted by Gasteiger charge is 2.11. The maximum atomic E-state index is 11.1. The van der Waals surface area contributed by atoms with E-state index in [0.29, 0.717) is 0 Å². The molecule has 5 nitrogen and oxygen atoms in total. The van der Waals surface area contributed by atoms with E-state index in [1.165, 1.54) is 22.2 Å². The van der Waals surface area contributed by atoms with Crippen LogP contribution in [-0.2, 0) is 11.3 Å². The third-order valence-corrected chi connectivity index (χ3v) is 4.32. The van der Waals surface area contributed by atoms with Crippen molar-refractivity contribution in [1.29, 1.82) is 0 Å². The zero-order valence-electron chi connectivity index (χ0n) is 16.7. The number of nitrogens with zero attached hydrogens (tertiary/aromatic N) is 2. The van der Waals surface area contributed by atoms with Gasteiger partial charge in [0, 0.05) is 28.7 Å². The van der Waals surface area contributed by atoms with Crippen LogP contribution in [0.5, 0.6) is 0 Å². The summed E-state index contributed by atoms with van der Waals surface area (Å²) >= 11 is 0. The summed E-state index contributed by atoms with van der Waals surface area (Å²) in [6.07, 6.45) is 6.30. The van der Waals surface area contributed by atoms with Gasteiger partial charge >= 0.3 is 0 Å². The maximum Gasteiger partial charge on any atom is 0.257 e. The van der Waals surface area contributed by atoms with Gasteiger partial charge in [0.15, 0.2) is 0 Å². The van der Waals surface area contributed by atoms with Gasteiger partial charge in [-0.15, -0.1) is 0 Å². The smallest absolute Gasteiger partial charge is 0.257 e. The summed E-state index contributed by atoms with van der Waals surface area (Å²) in [5.74, 6) is -0.374. The summed E-state index contributed by atoms with van der Waals surface area (Å²) < 4.78 is 2.38. The highest BCUT2D eigenvalue weighted by Crippen LogP contribution is 2.27. The maximum absolute atomic E-state index is 11.1. The fourth-order valence-electron chi connectivity index (χ4n) is 3.13. The van der Waals surface area contributed by atoms with Gasteiger partial charge in [0.1, 0.15) is 0 Å². The number of hydrogen-bond donors (Lipinski definition) is 2. The molecule has 0 aliphatic rings. The van der Waals surface area contributed by atoms with Gasteiger partial charge in [0.25, 0.3) is 5.91 Å². The SMILES string of the molecule is C/C=C\c1c(C)n(CCCCN(C)CC(=O)NO)c2ccccc12.CC. The number of aryl methyl sites for hydroxylation is 1. The van der Waals surface area contributed by atoms with Crippen LogP contribution in [0.15, 0.2) is 30.3 Å². The molecule has 0 saturated carbocycles. The molecule has 0 atom stereocenters. The molecule has 1 aromatic heterocycles. The molecule has 26 heavy (non-hydrogen) atoms. The fourth-order valence-corrected chi connectivity index (χ4v) is 3.13. The van der Waals surface area contributed by atoms with Gasteiger partial charge in [-0.05, 0) is 46.3 Å². The Morgan fingerprint density at radius 2 is 1.96 bits per heavy atom. The number of carbonyl (C=O) groups excluding carboxylic acids is 1. The number of nitrogens with one attached hydrogen (secondary N) is 1. The summed E-state index contributed by atoms with van der Waals surface area (Å²) in [5, 5.41) is 9.84. The average molecular weight is 360 g/mol. The van der Waals surface area contributed by atoms with Crippen LogP contribution in [0.3, 0.4) is 0 Å². The number of aromatic nitrogens is 1. The molecule has 1 heterocycles. The molecule has 0 bridgehead atoms. The lowest BCUT2D eigenvalue weighted by molar-refractivity contribution is -0.130. The van der Waals surface area contributed by atoms with E-state index in [2.05, 4.69) is 47.9 Å². The number of hydrogen-bond acceptors (Lipinski definition) is 3. The molecule has 0 saturated heterocycles. The van der Waals surface area contributed by atoms with Gasteiger partial charge in [-0.2, -0.15) is 0 Å². The molecule has 2 aromatic rings. The van der Waals surface area contributed by atoms with E-state index in [1.54, 1.807) is 5.48 Å². The van der Waals surface area contributed by atoms with Gasteiger partial charge in [0.05, 0.1) is 6.54 Å². The van der Waals surface area contributed by atoms with Crippen LogP contribution in [-0.4, -0.2) is 40.7 Å². The lowest BCUT2D eigenvalue weighted by atomic mass is 10.1. The molecule has 0 spiro atoms. The number of likely N-dealkylation sites (N-methyl/N-ethyl adjacent to an activating group) is 1. The van der Waals surface area contributed by atoms with E-state index in [1.807, 2.05) is 32.7 Å². The summed E-state index contributed by atoms with van der Waals surface area (Å²) in [5.41, 5.74) is 5.53. The standard InChI is InChI=1S/C19H27N3O2.C2H6/c1-4-9-16-15(2)22(18-11-6-5-10-17(16)18)13-8-7-12-21(3)14-19(23)20-24;1-2/h4-6,9-11,24H,7-8,12-14H2,1-3H3,(H,20,23);1-2H3/b9-4-;. The first-order valence-electron chi connectivity index (χ1n) is 9.40. The van der Waals surface area contributed by atoms with Crippen molar-refractivity contribution in [1.82, 2.24) is 14.9 Å². The third kappa shape index (κ3) is 5.71. The minimum absolute atomic E-state index is 0.216. The van der Waals surface area contributed by atoms with Crippen LogP contribution in [0.25, 0.3) is 17.0 Å². The predicted molar refractivity (Wildman–Crippen MR) is 109 cm³/mol. The molecular formula is C21H33N3O2. The molecule has 1 aromatic carbocycles. The number of unbranched alkanes of at least 4 members (excludes halogenated alkanes) is 1. The Morgan fingerprint density at radius 3 is 2.62 bits per heavy atom. The van der Waals surface area contributed by atoms with Crippen molar-refractivity contribution in [3.63, 3.8) is 0 Å². The quantitative estimate of drug-likeness (QED) is 0.421. The number of para-hydroxylation sites is 1. The number of fused-ring (bicyclic) bond motifs is 1. The minimum atomic E-state index is -0.374. The van der Waals surface area contributed by atoms with Gasteiger partial charge in [-0.25, -0.2) is 5.48 Å². The molecule has 2 rings (SSSR count). The highest BCUT2D eigenvalue weighted by atomic mass is 16.5. The molecule has 0 aliphatic carbocycles. The van der Waals surface area contributed by atoms with Crippen LogP contribution < -0.4 is 5.48 Å². The molecule has 0 aliphatic heterocycles. The first-order chi connectivity index (χ1) is 12.6. The van der Waals surface area contributed by atoms with Gasteiger partial charge in [-0.3, -0.25) is 14.9 Å². The molecule has 1 amide bonds. The van der Waals surface area contributed by atoms with Crippen molar-refractivity contribution in [2.45, 2.75) is 47.1 Å². The largest absolute Gasteiger partial charge is 0.344 e. The average Bonchev–Trinajstić information content (AvgIpc) is 2.92. The van der Waals surface area contributed by atoms with E-state index < -0.39 is 0 Å². The lowest BCUT2D eigenvalue weighted by Crippen LogP contribution is -2.33. The van der Waals surface area contributed by atoms with Gasteiger partial charge in [0.2, 0.25) is 0 Å². The Kier molecular flexibility index (Phi) is 9.70. The fraction of sp³-hybridized carbons (Fsp3) is 0.476. The van der Waals surface area contributed by atoms with Crippen LogP contribution >= 0.6 is 0 Å². The van der Waals surface area contributed by atoms with E-state index in [9.17, 15) is 4.79 Å². The predicted octanol–water partition coefficient (Wildman–Crippen LogP) is 4.23. The number of benzene rings is 1. The molecule has 2 N–H and O–H groups in total. The Balaban J connectivity index is 0.00000163. The van der Waals surface area contributed by atoms with Crippen molar-refractivity contribution < 1.29 is 10.0 Å². The van der Waals surface area contributed by atoms with Crippen molar-refractivity contribution in [3.05, 3.63) is 41.6 Å². The van der Waals surface area contributed by atoms with Gasteiger partial charge < -0.3 is 4.57 Å². The second-order valence-corrected chi connectivity index (χ2v) is 6.15. The molecular weight excluding hydrogens is 326 g/mol. The van der Waals surface area contributed by atoms with Crippen molar-refractivity contribution >= 4 is 22.9 Å². The summed E-state index contributed by atoms with van der Waals surface area (Å²) in [6.45, 7) is 10.2. The van der Waals surface area contributed by atoms with Crippen molar-refractivity contribution in [2.24, 2.45) is 0 Å². The van der Waals surface area contributed by atoms with E-state index in [-0.39, 0.29) is 12.5 Å². The monoisotopic (exact) mass is 359 g/mol. The summed E-state index contributed by atoms with van der Waals surface area (Å²) in [7, 11) is 1.88. The molecule has 0 fully saturated rings. The first-order valence-corrected chi connectivity index (χ1v) is 9.40. The second-order valence-electron chi connectivity index (χ2n) is 6.15. The number of allylic oxidation sites excluding steroid dienone is 1. The highest BCUT2D eigenvalue weighted by molar-refractivity contribution is 5.91. The van der Waals surface area contributed by atoms with Crippen LogP contribution in [0.1, 0.15) is 44.9 Å². The number of rotatable bonds is 8. The Labute approximate surface area is 157 Å². The number of hydroxylamine groups is 1. The minimum Gasteiger partial charge on any atom is -0.344 e. The van der Waals surface area contributed by atoms with Crippen LogP contribution in [0, 0.1) is 6.92 Å². The van der Waals surface area contributed by atoms with E-state index in [4.69, 9.17) is 5.21 Å². The Hall–Kier alpha value is -2.11. The number of amides is 1. The summed E-state index contributed by atoms with van der Waals surface area (Å²) in [4.78, 5) is 13.0. The zero-order valence-corrected chi connectivity index (χ0v) is 16.7. The van der Waals surface area contributed by atoms with E-state index in [0.717, 1.165) is 25.9 Å². The first kappa shape index (κ1) is 21.9. The lowest BCUT2D eigenvalue weighted by Gasteiger charge is -2.15. The molecule has 5 heteroatoms. The number of carbonyl (C=O) groups is 1. The normalized spacial score (nSPS) is 11.0. The molecule has 0 radical (unpaired) electrons. The van der Waals surface area contributed by atoms with Crippen molar-refractivity contribution in [2.75, 3.05) is 20.1 Å². The topological polar surface area (TPSA) is 57.5 Å². The molecule has 0 unspecified atom stereocenters. The van der Waals surface area contributed by atoms with Crippen LogP contribution in [0.4, 0.5) is 0 Å². The Morgan fingerprint density at radius 1 is 1.27 bits per heavy atom. The third-order valence-electron chi connectivity index (χ3n) is 4.32. The second kappa shape index (κ2) is 11.5. The Bertz CT molecular complexity index is 719. The summed E-state index contributed by atoms with van der Waals surface area (Å²) in [6, 6.07) is 8.52.